The molecule has 0 spiro atoms. The van der Waals surface area contributed by atoms with Crippen molar-refractivity contribution >= 4 is 0 Å². The van der Waals surface area contributed by atoms with E-state index in [-0.39, 0.29) is 11.8 Å². The number of nitrogens with two attached hydrogens (primary N) is 1. The maximum absolute atomic E-state index is 12.0. The molecule has 0 saturated carbocycles. The molecule has 2 fully saturated rings. The first-order chi connectivity index (χ1) is 11.4. The number of alkyl halides is 3. The van der Waals surface area contributed by atoms with Crippen LogP contribution in [-0.2, 0) is 4.74 Å². The maximum atomic E-state index is 12.0. The predicted octanol–water partition coefficient (Wildman–Crippen LogP) is 3.48. The standard InChI is InChI=1S/C13H17F3N2O.C4H8O/c14-13(15,16)19-11-5-3-10(4-6-11)12(17)9-18-7-1-2-8-18;1-2-4-5-3-1/h3-6,12H,1-2,7-9,17H2;1-4H2. The molecule has 2 saturated heterocycles. The van der Waals surface area contributed by atoms with E-state index in [1.54, 1.807) is 12.1 Å². The number of ether oxygens (including phenoxy) is 2. The van der Waals surface area contributed by atoms with E-state index in [9.17, 15) is 13.2 Å². The SMILES string of the molecule is C1CCOC1.NC(CN1CCCC1)c1ccc(OC(F)(F)F)cc1. The molecule has 7 heteroatoms. The van der Waals surface area contributed by atoms with Crippen molar-refractivity contribution in [2.75, 3.05) is 32.8 Å². The summed E-state index contributed by atoms with van der Waals surface area (Å²) in [4.78, 5) is 2.27. The Morgan fingerprint density at radius 3 is 2.08 bits per heavy atom. The van der Waals surface area contributed by atoms with Gasteiger partial charge in [0, 0.05) is 25.8 Å². The van der Waals surface area contributed by atoms with Crippen LogP contribution in [0, 0.1) is 0 Å². The second kappa shape index (κ2) is 9.25. The van der Waals surface area contributed by atoms with E-state index in [1.807, 2.05) is 0 Å². The number of halogens is 3. The van der Waals surface area contributed by atoms with Crippen LogP contribution in [0.15, 0.2) is 24.3 Å². The quantitative estimate of drug-likeness (QED) is 0.907. The highest BCUT2D eigenvalue weighted by Crippen LogP contribution is 2.24. The van der Waals surface area contributed by atoms with Crippen molar-refractivity contribution in [1.29, 1.82) is 0 Å². The van der Waals surface area contributed by atoms with Gasteiger partial charge in [-0.25, -0.2) is 0 Å². The average molecular weight is 346 g/mol. The molecular weight excluding hydrogens is 321 g/mol. The molecular formula is C17H25F3N2O2. The monoisotopic (exact) mass is 346 g/mol. The summed E-state index contributed by atoms with van der Waals surface area (Å²) < 4.78 is 44.8. The number of benzene rings is 1. The van der Waals surface area contributed by atoms with Crippen LogP contribution < -0.4 is 10.5 Å². The van der Waals surface area contributed by atoms with Crippen molar-refractivity contribution in [2.24, 2.45) is 5.73 Å². The molecule has 1 aromatic carbocycles. The molecule has 136 valence electrons. The lowest BCUT2D eigenvalue weighted by Gasteiger charge is -2.20. The molecule has 0 aromatic heterocycles. The first-order valence-corrected chi connectivity index (χ1v) is 8.35. The molecule has 0 amide bonds. The summed E-state index contributed by atoms with van der Waals surface area (Å²) >= 11 is 0. The molecule has 1 unspecified atom stereocenters. The highest BCUT2D eigenvalue weighted by Gasteiger charge is 2.31. The van der Waals surface area contributed by atoms with Gasteiger partial charge in [-0.15, -0.1) is 13.2 Å². The lowest BCUT2D eigenvalue weighted by Crippen LogP contribution is -2.29. The van der Waals surface area contributed by atoms with E-state index in [0.717, 1.165) is 38.4 Å². The van der Waals surface area contributed by atoms with E-state index in [2.05, 4.69) is 9.64 Å². The van der Waals surface area contributed by atoms with Crippen LogP contribution in [-0.4, -0.2) is 44.1 Å². The molecule has 2 N–H and O–H groups in total. The molecule has 2 aliphatic heterocycles. The van der Waals surface area contributed by atoms with Crippen LogP contribution in [0.1, 0.15) is 37.3 Å². The van der Waals surface area contributed by atoms with Crippen molar-refractivity contribution in [2.45, 2.75) is 38.1 Å². The third-order valence-corrected chi connectivity index (χ3v) is 4.02. The molecule has 2 aliphatic rings. The van der Waals surface area contributed by atoms with Gasteiger partial charge >= 0.3 is 6.36 Å². The first-order valence-electron chi connectivity index (χ1n) is 8.35. The zero-order valence-corrected chi connectivity index (χ0v) is 13.7. The van der Waals surface area contributed by atoms with Gasteiger partial charge < -0.3 is 20.1 Å². The largest absolute Gasteiger partial charge is 0.573 e. The van der Waals surface area contributed by atoms with Gasteiger partial charge in [0.05, 0.1) is 0 Å². The highest BCUT2D eigenvalue weighted by molar-refractivity contribution is 5.29. The van der Waals surface area contributed by atoms with Crippen LogP contribution in [0.2, 0.25) is 0 Å². The van der Waals surface area contributed by atoms with Gasteiger partial charge in [0.25, 0.3) is 0 Å². The zero-order chi connectivity index (χ0) is 17.4. The summed E-state index contributed by atoms with van der Waals surface area (Å²) in [6, 6.07) is 5.58. The van der Waals surface area contributed by atoms with E-state index < -0.39 is 6.36 Å². The van der Waals surface area contributed by atoms with Crippen LogP contribution >= 0.6 is 0 Å². The highest BCUT2D eigenvalue weighted by atomic mass is 19.4. The molecule has 4 nitrogen and oxygen atoms in total. The fourth-order valence-corrected chi connectivity index (χ4v) is 2.78. The van der Waals surface area contributed by atoms with Crippen LogP contribution in [0.25, 0.3) is 0 Å². The molecule has 24 heavy (non-hydrogen) atoms. The third kappa shape index (κ3) is 7.07. The first kappa shape index (κ1) is 19.0. The predicted molar refractivity (Wildman–Crippen MR) is 85.8 cm³/mol. The van der Waals surface area contributed by atoms with Crippen molar-refractivity contribution in [3.8, 4) is 5.75 Å². The van der Waals surface area contributed by atoms with Gasteiger partial charge in [-0.3, -0.25) is 0 Å². The fraction of sp³-hybridized carbons (Fsp3) is 0.647. The third-order valence-electron chi connectivity index (χ3n) is 4.02. The Balaban J connectivity index is 0.000000355. The van der Waals surface area contributed by atoms with Crippen molar-refractivity contribution in [1.82, 2.24) is 4.90 Å². The Morgan fingerprint density at radius 2 is 1.62 bits per heavy atom. The molecule has 0 bridgehead atoms. The summed E-state index contributed by atoms with van der Waals surface area (Å²) in [7, 11) is 0. The number of likely N-dealkylation sites (tertiary alicyclic amines) is 1. The normalized spacial score (nSPS) is 19.7. The molecule has 2 heterocycles. The molecule has 0 aliphatic carbocycles. The van der Waals surface area contributed by atoms with E-state index >= 15 is 0 Å². The van der Waals surface area contributed by atoms with Gasteiger partial charge in [0.2, 0.25) is 0 Å². The van der Waals surface area contributed by atoms with Crippen molar-refractivity contribution in [3.63, 3.8) is 0 Å². The lowest BCUT2D eigenvalue weighted by atomic mass is 10.1. The van der Waals surface area contributed by atoms with E-state index in [4.69, 9.17) is 10.5 Å². The second-order valence-corrected chi connectivity index (χ2v) is 6.05. The maximum Gasteiger partial charge on any atom is 0.573 e. The van der Waals surface area contributed by atoms with Gasteiger partial charge in [-0.1, -0.05) is 12.1 Å². The van der Waals surface area contributed by atoms with Gasteiger partial charge in [-0.05, 0) is 56.5 Å². The number of hydrogen-bond donors (Lipinski definition) is 1. The topological polar surface area (TPSA) is 47.7 Å². The summed E-state index contributed by atoms with van der Waals surface area (Å²) in [6.45, 7) is 4.82. The van der Waals surface area contributed by atoms with Crippen LogP contribution in [0.4, 0.5) is 13.2 Å². The summed E-state index contributed by atoms with van der Waals surface area (Å²) in [6.07, 6.45) is 0.273. The Labute approximate surface area is 140 Å². The smallest absolute Gasteiger partial charge is 0.406 e. The minimum absolute atomic E-state index is 0.182. The van der Waals surface area contributed by atoms with Crippen LogP contribution in [0.5, 0.6) is 5.75 Å². The minimum Gasteiger partial charge on any atom is -0.406 e. The van der Waals surface area contributed by atoms with Crippen molar-refractivity contribution in [3.05, 3.63) is 29.8 Å². The number of hydrogen-bond acceptors (Lipinski definition) is 4. The van der Waals surface area contributed by atoms with Gasteiger partial charge in [0.15, 0.2) is 0 Å². The zero-order valence-electron chi connectivity index (χ0n) is 13.7. The summed E-state index contributed by atoms with van der Waals surface area (Å²) in [5.74, 6) is -0.218. The van der Waals surface area contributed by atoms with Crippen molar-refractivity contribution < 1.29 is 22.6 Å². The second-order valence-electron chi connectivity index (χ2n) is 6.05. The molecule has 1 atom stereocenters. The number of rotatable bonds is 4. The van der Waals surface area contributed by atoms with Gasteiger partial charge in [0.1, 0.15) is 5.75 Å². The summed E-state index contributed by atoms with van der Waals surface area (Å²) in [5, 5.41) is 0. The van der Waals surface area contributed by atoms with E-state index in [0.29, 0.717) is 0 Å². The van der Waals surface area contributed by atoms with Gasteiger partial charge in [-0.2, -0.15) is 0 Å². The fourth-order valence-electron chi connectivity index (χ4n) is 2.78. The average Bonchev–Trinajstić information content (AvgIpc) is 3.22. The lowest BCUT2D eigenvalue weighted by molar-refractivity contribution is -0.274. The Hall–Kier alpha value is -1.31. The Kier molecular flexibility index (Phi) is 7.33. The van der Waals surface area contributed by atoms with Crippen LogP contribution in [0.3, 0.4) is 0 Å². The Morgan fingerprint density at radius 1 is 1.04 bits per heavy atom. The number of nitrogens with zero attached hydrogens (tertiary/aromatic N) is 1. The molecule has 1 aromatic rings. The minimum atomic E-state index is -4.65. The molecule has 0 radical (unpaired) electrons. The Bertz CT molecular complexity index is 462. The summed E-state index contributed by atoms with van der Waals surface area (Å²) in [5.41, 5.74) is 6.87. The van der Waals surface area contributed by atoms with E-state index in [1.165, 1.54) is 37.8 Å². The molecule has 3 rings (SSSR count).